The molecule has 1 unspecified atom stereocenters. The van der Waals surface area contributed by atoms with Crippen LogP contribution in [-0.4, -0.2) is 17.8 Å². The average molecular weight is 248 g/mol. The first-order chi connectivity index (χ1) is 7.84. The van der Waals surface area contributed by atoms with E-state index in [9.17, 15) is 13.2 Å². The summed E-state index contributed by atoms with van der Waals surface area (Å²) in [6, 6.07) is 3.57. The Morgan fingerprint density at radius 1 is 1.41 bits per heavy atom. The second-order valence-corrected chi connectivity index (χ2v) is 3.86. The molecule has 0 saturated carbocycles. The Labute approximate surface area is 97.4 Å². The van der Waals surface area contributed by atoms with Gasteiger partial charge >= 0.3 is 6.18 Å². The minimum atomic E-state index is -4.46. The zero-order valence-electron chi connectivity index (χ0n) is 9.38. The summed E-state index contributed by atoms with van der Waals surface area (Å²) in [6.45, 7) is 1.76. The van der Waals surface area contributed by atoms with Gasteiger partial charge in [0.2, 0.25) is 0 Å². The lowest BCUT2D eigenvalue weighted by Crippen LogP contribution is -2.17. The van der Waals surface area contributed by atoms with Crippen LogP contribution in [-0.2, 0) is 6.18 Å². The Bertz CT molecular complexity index is 379. The topological polar surface area (TPSA) is 58.3 Å². The number of halogens is 3. The van der Waals surface area contributed by atoms with Gasteiger partial charge in [0.05, 0.1) is 5.56 Å². The van der Waals surface area contributed by atoms with Crippen LogP contribution in [0.4, 0.5) is 24.5 Å². The fourth-order valence-electron chi connectivity index (χ4n) is 1.44. The molecule has 0 aliphatic rings. The van der Waals surface area contributed by atoms with Gasteiger partial charge in [-0.05, 0) is 31.5 Å². The molecule has 0 heterocycles. The number of aliphatic hydroxyl groups excluding tert-OH is 1. The summed E-state index contributed by atoms with van der Waals surface area (Å²) in [7, 11) is 0. The zero-order chi connectivity index (χ0) is 13.1. The molecule has 0 amide bonds. The van der Waals surface area contributed by atoms with E-state index in [1.807, 2.05) is 0 Å². The Balaban J connectivity index is 2.89. The SMILES string of the molecule is CC(CCO)Nc1ccc(N)c(C(F)(F)F)c1. The first kappa shape index (κ1) is 13.6. The van der Waals surface area contributed by atoms with E-state index in [1.165, 1.54) is 12.1 Å². The van der Waals surface area contributed by atoms with Crippen molar-refractivity contribution in [3.05, 3.63) is 23.8 Å². The lowest BCUT2D eigenvalue weighted by Gasteiger charge is -2.16. The van der Waals surface area contributed by atoms with Crippen LogP contribution in [0.15, 0.2) is 18.2 Å². The molecule has 0 radical (unpaired) electrons. The zero-order valence-corrected chi connectivity index (χ0v) is 9.38. The second-order valence-electron chi connectivity index (χ2n) is 3.86. The van der Waals surface area contributed by atoms with Crippen LogP contribution in [0.25, 0.3) is 0 Å². The van der Waals surface area contributed by atoms with Gasteiger partial charge in [-0.1, -0.05) is 0 Å². The van der Waals surface area contributed by atoms with E-state index >= 15 is 0 Å². The van der Waals surface area contributed by atoms with Crippen molar-refractivity contribution in [1.82, 2.24) is 0 Å². The van der Waals surface area contributed by atoms with Crippen molar-refractivity contribution in [3.8, 4) is 0 Å². The molecular formula is C11H15F3N2O. The molecule has 1 atom stereocenters. The van der Waals surface area contributed by atoms with Crippen molar-refractivity contribution in [2.45, 2.75) is 25.6 Å². The number of benzene rings is 1. The molecule has 6 heteroatoms. The highest BCUT2D eigenvalue weighted by Crippen LogP contribution is 2.35. The van der Waals surface area contributed by atoms with E-state index in [0.717, 1.165) is 6.07 Å². The number of alkyl halides is 3. The molecule has 0 aliphatic carbocycles. The summed E-state index contributed by atoms with van der Waals surface area (Å²) in [5.41, 5.74) is 4.48. The van der Waals surface area contributed by atoms with Gasteiger partial charge in [-0.3, -0.25) is 0 Å². The number of nitrogens with two attached hydrogens (primary N) is 1. The van der Waals surface area contributed by atoms with Gasteiger partial charge in [-0.15, -0.1) is 0 Å². The first-order valence-corrected chi connectivity index (χ1v) is 5.18. The third-order valence-electron chi connectivity index (χ3n) is 2.33. The quantitative estimate of drug-likeness (QED) is 0.717. The van der Waals surface area contributed by atoms with Gasteiger partial charge in [0.1, 0.15) is 0 Å². The number of anilines is 2. The molecule has 0 saturated heterocycles. The summed E-state index contributed by atoms with van der Waals surface area (Å²) in [5, 5.41) is 11.6. The number of nitrogen functional groups attached to an aromatic ring is 1. The summed E-state index contributed by atoms with van der Waals surface area (Å²) in [6.07, 6.45) is -3.99. The fourth-order valence-corrected chi connectivity index (χ4v) is 1.44. The van der Waals surface area contributed by atoms with Crippen LogP contribution in [0.5, 0.6) is 0 Å². The summed E-state index contributed by atoms with van der Waals surface area (Å²) in [5.74, 6) is 0. The standard InChI is InChI=1S/C11H15F3N2O/c1-7(4-5-17)16-8-2-3-10(15)9(6-8)11(12,13)14/h2-3,6-7,16-17H,4-5,15H2,1H3. The Morgan fingerprint density at radius 3 is 2.59 bits per heavy atom. The van der Waals surface area contributed by atoms with E-state index in [4.69, 9.17) is 10.8 Å². The van der Waals surface area contributed by atoms with Crippen molar-refractivity contribution in [3.63, 3.8) is 0 Å². The van der Waals surface area contributed by atoms with Gasteiger partial charge in [0, 0.05) is 24.0 Å². The van der Waals surface area contributed by atoms with Gasteiger partial charge in [0.25, 0.3) is 0 Å². The maximum absolute atomic E-state index is 12.6. The number of hydrogen-bond acceptors (Lipinski definition) is 3. The largest absolute Gasteiger partial charge is 0.418 e. The lowest BCUT2D eigenvalue weighted by molar-refractivity contribution is -0.136. The minimum Gasteiger partial charge on any atom is -0.398 e. The average Bonchev–Trinajstić information content (AvgIpc) is 2.19. The minimum absolute atomic E-state index is 0.0186. The predicted molar refractivity (Wildman–Crippen MR) is 60.6 cm³/mol. The molecule has 0 aromatic heterocycles. The highest BCUT2D eigenvalue weighted by molar-refractivity contribution is 5.58. The highest BCUT2D eigenvalue weighted by atomic mass is 19.4. The van der Waals surface area contributed by atoms with Crippen LogP contribution in [0.1, 0.15) is 18.9 Å². The molecule has 1 aromatic carbocycles. The third kappa shape index (κ3) is 3.81. The Hall–Kier alpha value is -1.43. The molecule has 17 heavy (non-hydrogen) atoms. The Morgan fingerprint density at radius 2 is 2.06 bits per heavy atom. The van der Waals surface area contributed by atoms with Crippen LogP contribution >= 0.6 is 0 Å². The number of hydrogen-bond donors (Lipinski definition) is 3. The van der Waals surface area contributed by atoms with Crippen LogP contribution in [0.3, 0.4) is 0 Å². The van der Waals surface area contributed by atoms with Crippen molar-refractivity contribution >= 4 is 11.4 Å². The number of rotatable bonds is 4. The molecule has 4 N–H and O–H groups in total. The van der Waals surface area contributed by atoms with Crippen molar-refractivity contribution in [2.75, 3.05) is 17.7 Å². The summed E-state index contributed by atoms with van der Waals surface area (Å²) in [4.78, 5) is 0. The van der Waals surface area contributed by atoms with E-state index < -0.39 is 11.7 Å². The van der Waals surface area contributed by atoms with E-state index in [1.54, 1.807) is 6.92 Å². The fraction of sp³-hybridized carbons (Fsp3) is 0.455. The number of aliphatic hydroxyl groups is 1. The van der Waals surface area contributed by atoms with Crippen molar-refractivity contribution < 1.29 is 18.3 Å². The Kier molecular flexibility index (Phi) is 4.22. The van der Waals surface area contributed by atoms with Crippen LogP contribution in [0, 0.1) is 0 Å². The highest BCUT2D eigenvalue weighted by Gasteiger charge is 2.33. The van der Waals surface area contributed by atoms with E-state index in [0.29, 0.717) is 12.1 Å². The normalized spacial score (nSPS) is 13.5. The van der Waals surface area contributed by atoms with Gasteiger partial charge in [-0.2, -0.15) is 13.2 Å². The summed E-state index contributed by atoms with van der Waals surface area (Å²) < 4.78 is 37.7. The second kappa shape index (κ2) is 5.27. The van der Waals surface area contributed by atoms with Crippen LogP contribution < -0.4 is 11.1 Å². The lowest BCUT2D eigenvalue weighted by atomic mass is 10.1. The molecule has 3 nitrogen and oxygen atoms in total. The molecular weight excluding hydrogens is 233 g/mol. The van der Waals surface area contributed by atoms with E-state index in [2.05, 4.69) is 5.32 Å². The van der Waals surface area contributed by atoms with E-state index in [-0.39, 0.29) is 18.3 Å². The number of nitrogens with one attached hydrogen (secondary N) is 1. The monoisotopic (exact) mass is 248 g/mol. The molecule has 0 bridgehead atoms. The molecule has 0 aliphatic heterocycles. The van der Waals surface area contributed by atoms with Crippen LogP contribution in [0.2, 0.25) is 0 Å². The smallest absolute Gasteiger partial charge is 0.398 e. The van der Waals surface area contributed by atoms with Crippen molar-refractivity contribution in [1.29, 1.82) is 0 Å². The molecule has 0 spiro atoms. The van der Waals surface area contributed by atoms with Gasteiger partial charge in [-0.25, -0.2) is 0 Å². The first-order valence-electron chi connectivity index (χ1n) is 5.18. The maximum Gasteiger partial charge on any atom is 0.418 e. The third-order valence-corrected chi connectivity index (χ3v) is 2.33. The van der Waals surface area contributed by atoms with Gasteiger partial charge in [0.15, 0.2) is 0 Å². The summed E-state index contributed by atoms with van der Waals surface area (Å²) >= 11 is 0. The molecule has 1 rings (SSSR count). The van der Waals surface area contributed by atoms with Gasteiger partial charge < -0.3 is 16.2 Å². The predicted octanol–water partition coefficient (Wildman–Crippen LogP) is 2.47. The molecule has 96 valence electrons. The molecule has 1 aromatic rings. The van der Waals surface area contributed by atoms with Crippen molar-refractivity contribution in [2.24, 2.45) is 0 Å². The molecule has 0 fully saturated rings. The maximum atomic E-state index is 12.6.